The molecule has 1 amide bonds. The summed E-state index contributed by atoms with van der Waals surface area (Å²) in [4.78, 5) is 14.7. The van der Waals surface area contributed by atoms with Crippen molar-refractivity contribution in [2.75, 3.05) is 40.2 Å². The van der Waals surface area contributed by atoms with Crippen LogP contribution in [0.3, 0.4) is 0 Å². The van der Waals surface area contributed by atoms with Gasteiger partial charge in [0.15, 0.2) is 21.3 Å². The number of ether oxygens (including phenoxy) is 3. The molecule has 0 aliphatic carbocycles. The third-order valence-electron chi connectivity index (χ3n) is 5.19. The van der Waals surface area contributed by atoms with Crippen LogP contribution >= 0.6 is 11.6 Å². The van der Waals surface area contributed by atoms with E-state index in [4.69, 9.17) is 25.8 Å². The maximum absolute atomic E-state index is 13.2. The lowest BCUT2D eigenvalue weighted by Crippen LogP contribution is -2.33. The summed E-state index contributed by atoms with van der Waals surface area (Å²) in [6.07, 6.45) is 0.266. The minimum atomic E-state index is -3.47. The van der Waals surface area contributed by atoms with Gasteiger partial charge in [-0.2, -0.15) is 0 Å². The summed E-state index contributed by atoms with van der Waals surface area (Å²) in [5.74, 6) is 0.658. The highest BCUT2D eigenvalue weighted by molar-refractivity contribution is 7.91. The summed E-state index contributed by atoms with van der Waals surface area (Å²) >= 11 is 6.24. The van der Waals surface area contributed by atoms with E-state index in [2.05, 4.69) is 0 Å². The van der Waals surface area contributed by atoms with Gasteiger partial charge in [0.1, 0.15) is 0 Å². The number of amides is 1. The number of sulfone groups is 1. The Kier molecular flexibility index (Phi) is 6.77. The van der Waals surface area contributed by atoms with E-state index < -0.39 is 15.1 Å². The van der Waals surface area contributed by atoms with Gasteiger partial charge in [-0.3, -0.25) is 4.79 Å². The maximum atomic E-state index is 13.2. The van der Waals surface area contributed by atoms with Crippen LogP contribution in [0.25, 0.3) is 0 Å². The number of hydrogen-bond donors (Lipinski definition) is 0. The van der Waals surface area contributed by atoms with Gasteiger partial charge in [-0.15, -0.1) is 0 Å². The molecular formula is C21H24ClNO6S. The summed E-state index contributed by atoms with van der Waals surface area (Å²) in [6, 6.07) is 10.1. The lowest BCUT2D eigenvalue weighted by atomic mass is 10.1. The zero-order valence-corrected chi connectivity index (χ0v) is 18.6. The predicted octanol–water partition coefficient (Wildman–Crippen LogP) is 3.37. The van der Waals surface area contributed by atoms with Gasteiger partial charge in [0.25, 0.3) is 5.91 Å². The van der Waals surface area contributed by atoms with Gasteiger partial charge in [-0.05, 0) is 30.2 Å². The molecule has 2 aromatic rings. The normalized spacial score (nSPS) is 18.4. The highest BCUT2D eigenvalue weighted by Crippen LogP contribution is 2.39. The molecule has 0 spiro atoms. The fraction of sp³-hybridized carbons (Fsp3) is 0.381. The molecule has 0 saturated carbocycles. The highest BCUT2D eigenvalue weighted by atomic mass is 35.5. The average molecular weight is 454 g/mol. The first-order valence-electron chi connectivity index (χ1n) is 9.37. The van der Waals surface area contributed by atoms with Gasteiger partial charge in [-0.1, -0.05) is 29.8 Å². The molecule has 1 saturated heterocycles. The Morgan fingerprint density at radius 1 is 1.03 bits per heavy atom. The largest absolute Gasteiger partial charge is 0.493 e. The first-order chi connectivity index (χ1) is 14.3. The number of carbonyl (C=O) groups is 1. The Labute approximate surface area is 181 Å². The molecule has 1 heterocycles. The number of halogens is 1. The summed E-state index contributed by atoms with van der Waals surface area (Å²) in [5, 5.41) is -0.334. The van der Waals surface area contributed by atoms with Crippen LogP contribution in [0, 0.1) is 0 Å². The van der Waals surface area contributed by atoms with Crippen LogP contribution in [-0.2, 0) is 9.84 Å². The zero-order chi connectivity index (χ0) is 21.9. The van der Waals surface area contributed by atoms with E-state index in [1.807, 2.05) is 0 Å². The van der Waals surface area contributed by atoms with E-state index in [-0.39, 0.29) is 31.2 Å². The Morgan fingerprint density at radius 2 is 1.67 bits per heavy atom. The number of carbonyl (C=O) groups excluding carboxylic acids is 1. The third kappa shape index (κ3) is 4.34. The molecule has 1 unspecified atom stereocenters. The van der Waals surface area contributed by atoms with E-state index in [9.17, 15) is 13.2 Å². The van der Waals surface area contributed by atoms with Crippen LogP contribution in [0.2, 0.25) is 5.02 Å². The second kappa shape index (κ2) is 9.14. The second-order valence-corrected chi connectivity index (χ2v) is 9.58. The molecule has 0 bridgehead atoms. The van der Waals surface area contributed by atoms with Crippen molar-refractivity contribution in [3.05, 3.63) is 52.5 Å². The molecule has 3 rings (SSSR count). The molecule has 0 radical (unpaired) electrons. The Bertz CT molecular complexity index is 1010. The van der Waals surface area contributed by atoms with Crippen LogP contribution in [-0.4, -0.2) is 59.4 Å². The topological polar surface area (TPSA) is 82.1 Å². The van der Waals surface area contributed by atoms with Crippen LogP contribution in [0.5, 0.6) is 17.2 Å². The maximum Gasteiger partial charge on any atom is 0.254 e. The van der Waals surface area contributed by atoms with Crippen molar-refractivity contribution in [2.24, 2.45) is 0 Å². The molecular weight excluding hydrogens is 430 g/mol. The van der Waals surface area contributed by atoms with Crippen molar-refractivity contribution in [1.82, 2.24) is 4.90 Å². The van der Waals surface area contributed by atoms with Crippen LogP contribution in [0.15, 0.2) is 36.4 Å². The van der Waals surface area contributed by atoms with Gasteiger partial charge >= 0.3 is 0 Å². The Balaban J connectivity index is 1.90. The third-order valence-corrected chi connectivity index (χ3v) is 7.64. The van der Waals surface area contributed by atoms with Crippen molar-refractivity contribution in [3.63, 3.8) is 0 Å². The molecule has 1 atom stereocenters. The summed E-state index contributed by atoms with van der Waals surface area (Å²) in [5.41, 5.74) is 0.902. The fourth-order valence-electron chi connectivity index (χ4n) is 3.62. The quantitative estimate of drug-likeness (QED) is 0.690. The molecule has 1 aliphatic rings. The molecule has 7 nitrogen and oxygen atoms in total. The number of rotatable bonds is 5. The molecule has 162 valence electrons. The number of nitrogens with zero attached hydrogens (tertiary/aromatic N) is 1. The molecule has 1 fully saturated rings. The fourth-order valence-corrected chi connectivity index (χ4v) is 5.77. The number of hydrogen-bond acceptors (Lipinski definition) is 6. The first-order valence-corrected chi connectivity index (χ1v) is 11.5. The smallest absolute Gasteiger partial charge is 0.254 e. The van der Waals surface area contributed by atoms with Crippen molar-refractivity contribution in [1.29, 1.82) is 0 Å². The van der Waals surface area contributed by atoms with E-state index in [1.165, 1.54) is 26.2 Å². The highest BCUT2D eigenvalue weighted by Gasteiger charge is 2.34. The molecule has 2 aromatic carbocycles. The average Bonchev–Trinajstić information content (AvgIpc) is 2.90. The predicted molar refractivity (Wildman–Crippen MR) is 115 cm³/mol. The molecule has 0 aromatic heterocycles. The first kappa shape index (κ1) is 22.2. The number of methoxy groups -OCH3 is 3. The van der Waals surface area contributed by atoms with Crippen LogP contribution < -0.4 is 14.2 Å². The van der Waals surface area contributed by atoms with Crippen LogP contribution in [0.4, 0.5) is 0 Å². The molecule has 0 N–H and O–H groups in total. The lowest BCUT2D eigenvalue weighted by molar-refractivity contribution is 0.0765. The standard InChI is InChI=1S/C21H24ClNO6S/c1-27-17-12-14(13-18(28-2)20(17)29-3)21(24)23-9-8-19(30(25,26)11-10-23)15-6-4-5-7-16(15)22/h4-7,12-13,19H,8-11H2,1-3H3. The van der Waals surface area contributed by atoms with Gasteiger partial charge in [-0.25, -0.2) is 8.42 Å². The molecule has 9 heteroatoms. The van der Waals surface area contributed by atoms with Gasteiger partial charge in [0.05, 0.1) is 32.3 Å². The van der Waals surface area contributed by atoms with E-state index in [1.54, 1.807) is 36.4 Å². The summed E-state index contributed by atoms with van der Waals surface area (Å²) in [7, 11) is 0.955. The lowest BCUT2D eigenvalue weighted by Gasteiger charge is -2.21. The monoisotopic (exact) mass is 453 g/mol. The minimum Gasteiger partial charge on any atom is -0.493 e. The van der Waals surface area contributed by atoms with E-state index in [0.717, 1.165) is 0 Å². The van der Waals surface area contributed by atoms with E-state index >= 15 is 0 Å². The molecule has 1 aliphatic heterocycles. The Morgan fingerprint density at radius 3 is 2.23 bits per heavy atom. The SMILES string of the molecule is COc1cc(C(=O)N2CCC(c3ccccc3Cl)S(=O)(=O)CC2)cc(OC)c1OC. The van der Waals surface area contributed by atoms with E-state index in [0.29, 0.717) is 33.4 Å². The Hall–Kier alpha value is -2.45. The van der Waals surface area contributed by atoms with Gasteiger partial charge < -0.3 is 19.1 Å². The van der Waals surface area contributed by atoms with Crippen molar-refractivity contribution in [2.45, 2.75) is 11.7 Å². The van der Waals surface area contributed by atoms with Crippen LogP contribution in [0.1, 0.15) is 27.6 Å². The molecule has 30 heavy (non-hydrogen) atoms. The summed E-state index contributed by atoms with van der Waals surface area (Å²) < 4.78 is 41.7. The van der Waals surface area contributed by atoms with Crippen molar-refractivity contribution >= 4 is 27.3 Å². The minimum absolute atomic E-state index is 0.0960. The zero-order valence-electron chi connectivity index (χ0n) is 17.1. The van der Waals surface area contributed by atoms with Crippen molar-refractivity contribution < 1.29 is 27.4 Å². The second-order valence-electron chi connectivity index (χ2n) is 6.87. The van der Waals surface area contributed by atoms with Crippen molar-refractivity contribution in [3.8, 4) is 17.2 Å². The van der Waals surface area contributed by atoms with Gasteiger partial charge in [0, 0.05) is 23.7 Å². The summed E-state index contributed by atoms with van der Waals surface area (Å²) in [6.45, 7) is 0.378. The number of benzene rings is 2. The van der Waals surface area contributed by atoms with Gasteiger partial charge in [0.2, 0.25) is 5.75 Å².